The van der Waals surface area contributed by atoms with Crippen LogP contribution in [-0.2, 0) is 9.84 Å². The van der Waals surface area contributed by atoms with Gasteiger partial charge in [-0.3, -0.25) is 0 Å². The van der Waals surface area contributed by atoms with Crippen LogP contribution in [-0.4, -0.2) is 20.8 Å². The zero-order valence-corrected chi connectivity index (χ0v) is 17.8. The van der Waals surface area contributed by atoms with Gasteiger partial charge in [0.2, 0.25) is 0 Å². The lowest BCUT2D eigenvalue weighted by molar-refractivity contribution is 0.337. The molecular formula is C24H17ClO5S. The molecule has 156 valence electrons. The predicted octanol–water partition coefficient (Wildman–Crippen LogP) is 5.06. The van der Waals surface area contributed by atoms with Crippen LogP contribution < -0.4 is 10.4 Å². The Balaban J connectivity index is 1.71. The maximum Gasteiger partial charge on any atom is 0.355 e. The molecule has 0 spiro atoms. The largest absolute Gasteiger partial charge is 0.493 e. The van der Waals surface area contributed by atoms with E-state index in [0.29, 0.717) is 32.9 Å². The molecule has 0 saturated carbocycles. The number of hydrogen-bond donors (Lipinski definition) is 0. The maximum absolute atomic E-state index is 13.6. The van der Waals surface area contributed by atoms with E-state index in [9.17, 15) is 13.2 Å². The molecular weight excluding hydrogens is 436 g/mol. The highest BCUT2D eigenvalue weighted by atomic mass is 35.5. The van der Waals surface area contributed by atoms with Gasteiger partial charge in [-0.05, 0) is 29.8 Å². The second kappa shape index (κ2) is 7.55. The van der Waals surface area contributed by atoms with E-state index in [1.54, 1.807) is 48.5 Å². The molecule has 0 fully saturated rings. The first kappa shape index (κ1) is 19.8. The first-order chi connectivity index (χ1) is 14.9. The van der Waals surface area contributed by atoms with Gasteiger partial charge in [0.1, 0.15) is 11.3 Å². The summed E-state index contributed by atoms with van der Waals surface area (Å²) in [4.78, 5) is 12.6. The molecule has 0 saturated heterocycles. The van der Waals surface area contributed by atoms with Crippen LogP contribution in [0, 0.1) is 0 Å². The van der Waals surface area contributed by atoms with E-state index < -0.39 is 15.5 Å². The summed E-state index contributed by atoms with van der Waals surface area (Å²) in [6.07, 6.45) is 0. The number of rotatable bonds is 4. The van der Waals surface area contributed by atoms with Crippen LogP contribution in [0.4, 0.5) is 0 Å². The molecule has 0 radical (unpaired) electrons. The highest BCUT2D eigenvalue weighted by molar-refractivity contribution is 7.91. The molecule has 1 aliphatic heterocycles. The van der Waals surface area contributed by atoms with Crippen LogP contribution in [0.1, 0.15) is 11.5 Å². The van der Waals surface area contributed by atoms with E-state index in [-0.39, 0.29) is 23.2 Å². The normalized spacial score (nSPS) is 15.6. The van der Waals surface area contributed by atoms with Crippen molar-refractivity contribution in [1.82, 2.24) is 0 Å². The fourth-order valence-corrected chi connectivity index (χ4v) is 5.97. The minimum absolute atomic E-state index is 0.244. The van der Waals surface area contributed by atoms with E-state index in [0.717, 1.165) is 5.56 Å². The zero-order chi connectivity index (χ0) is 21.6. The van der Waals surface area contributed by atoms with Crippen molar-refractivity contribution < 1.29 is 17.6 Å². The number of fused-ring (bicyclic) bond motifs is 2. The molecule has 1 unspecified atom stereocenters. The molecule has 0 bridgehead atoms. The first-order valence-corrected chi connectivity index (χ1v) is 11.7. The Morgan fingerprint density at radius 2 is 1.65 bits per heavy atom. The molecule has 4 aromatic rings. The molecule has 1 aromatic heterocycles. The summed E-state index contributed by atoms with van der Waals surface area (Å²) in [5.41, 5.74) is 1.18. The number of para-hydroxylation sites is 2. The van der Waals surface area contributed by atoms with Gasteiger partial charge in [0.15, 0.2) is 14.7 Å². The highest BCUT2D eigenvalue weighted by Gasteiger charge is 2.34. The Morgan fingerprint density at radius 3 is 2.45 bits per heavy atom. The standard InChI is InChI=1S/C24H17ClO5S/c25-17-11-9-15(10-12-17)22-19-6-2-4-8-21(19)30-24(26)23(22)31(27,28)14-16-13-29-20-7-3-1-5-18(16)20/h1-12,16H,13-14H2. The smallest absolute Gasteiger partial charge is 0.355 e. The number of benzene rings is 3. The minimum atomic E-state index is -4.02. The van der Waals surface area contributed by atoms with Crippen LogP contribution >= 0.6 is 11.6 Å². The van der Waals surface area contributed by atoms with Crippen LogP contribution in [0.25, 0.3) is 22.1 Å². The summed E-state index contributed by atoms with van der Waals surface area (Å²) in [5, 5.41) is 1.06. The quantitative estimate of drug-likeness (QED) is 0.404. The minimum Gasteiger partial charge on any atom is -0.493 e. The monoisotopic (exact) mass is 452 g/mol. The summed E-state index contributed by atoms with van der Waals surface area (Å²) in [7, 11) is -4.02. The molecule has 31 heavy (non-hydrogen) atoms. The number of hydrogen-bond acceptors (Lipinski definition) is 5. The zero-order valence-electron chi connectivity index (χ0n) is 16.2. The van der Waals surface area contributed by atoms with Crippen molar-refractivity contribution in [2.45, 2.75) is 10.8 Å². The average molecular weight is 453 g/mol. The Morgan fingerprint density at radius 1 is 0.935 bits per heavy atom. The predicted molar refractivity (Wildman–Crippen MR) is 120 cm³/mol. The van der Waals surface area contributed by atoms with E-state index in [4.69, 9.17) is 20.8 Å². The lowest BCUT2D eigenvalue weighted by atomic mass is 10.0. The van der Waals surface area contributed by atoms with Crippen LogP contribution in [0.2, 0.25) is 5.02 Å². The van der Waals surface area contributed by atoms with Gasteiger partial charge in [0.25, 0.3) is 0 Å². The third kappa shape index (κ3) is 3.52. The lowest BCUT2D eigenvalue weighted by Crippen LogP contribution is -2.23. The summed E-state index contributed by atoms with van der Waals surface area (Å²) < 4.78 is 38.2. The van der Waals surface area contributed by atoms with E-state index in [1.807, 2.05) is 24.3 Å². The molecule has 5 rings (SSSR count). The molecule has 1 aliphatic rings. The third-order valence-electron chi connectivity index (χ3n) is 5.43. The molecule has 5 nitrogen and oxygen atoms in total. The van der Waals surface area contributed by atoms with Crippen molar-refractivity contribution in [1.29, 1.82) is 0 Å². The third-order valence-corrected chi connectivity index (χ3v) is 7.52. The van der Waals surface area contributed by atoms with Crippen LogP contribution in [0.15, 0.2) is 86.9 Å². The molecule has 3 aromatic carbocycles. The highest BCUT2D eigenvalue weighted by Crippen LogP contribution is 2.38. The molecule has 0 amide bonds. The maximum atomic E-state index is 13.6. The Kier molecular flexibility index (Phi) is 4.84. The van der Waals surface area contributed by atoms with Gasteiger partial charge in [-0.2, -0.15) is 0 Å². The molecule has 7 heteroatoms. The SMILES string of the molecule is O=c1oc2ccccc2c(-c2ccc(Cl)cc2)c1S(=O)(=O)CC1COc2ccccc21. The van der Waals surface area contributed by atoms with Gasteiger partial charge < -0.3 is 9.15 Å². The Hall–Kier alpha value is -3.09. The molecule has 0 N–H and O–H groups in total. The Labute approximate surface area is 183 Å². The van der Waals surface area contributed by atoms with Crippen molar-refractivity contribution in [3.63, 3.8) is 0 Å². The van der Waals surface area contributed by atoms with Gasteiger partial charge in [0.05, 0.1) is 12.4 Å². The van der Waals surface area contributed by atoms with Gasteiger partial charge in [-0.25, -0.2) is 13.2 Å². The molecule has 0 aliphatic carbocycles. The summed E-state index contributed by atoms with van der Waals surface area (Å²) in [6, 6.07) is 21.0. The second-order valence-electron chi connectivity index (χ2n) is 7.42. The van der Waals surface area contributed by atoms with Crippen molar-refractivity contribution in [2.75, 3.05) is 12.4 Å². The van der Waals surface area contributed by atoms with Gasteiger partial charge in [0, 0.05) is 27.5 Å². The number of ether oxygens (including phenoxy) is 1. The average Bonchev–Trinajstić information content (AvgIpc) is 3.15. The van der Waals surface area contributed by atoms with Crippen molar-refractivity contribution >= 4 is 32.4 Å². The van der Waals surface area contributed by atoms with Crippen molar-refractivity contribution in [2.24, 2.45) is 0 Å². The molecule has 2 heterocycles. The summed E-state index contributed by atoms with van der Waals surface area (Å²) >= 11 is 6.03. The molecule has 1 atom stereocenters. The summed E-state index contributed by atoms with van der Waals surface area (Å²) in [6.45, 7) is 0.244. The van der Waals surface area contributed by atoms with Gasteiger partial charge in [-0.15, -0.1) is 0 Å². The lowest BCUT2D eigenvalue weighted by Gasteiger charge is -2.14. The topological polar surface area (TPSA) is 73.6 Å². The van der Waals surface area contributed by atoms with E-state index in [2.05, 4.69) is 0 Å². The van der Waals surface area contributed by atoms with Crippen molar-refractivity contribution in [3.05, 3.63) is 93.8 Å². The van der Waals surface area contributed by atoms with E-state index >= 15 is 0 Å². The number of sulfone groups is 1. The fraction of sp³-hybridized carbons (Fsp3) is 0.125. The summed E-state index contributed by atoms with van der Waals surface area (Å²) in [5.74, 6) is 0.0459. The van der Waals surface area contributed by atoms with Gasteiger partial charge >= 0.3 is 5.63 Å². The fourth-order valence-electron chi connectivity index (χ4n) is 4.03. The van der Waals surface area contributed by atoms with Crippen LogP contribution in [0.5, 0.6) is 5.75 Å². The van der Waals surface area contributed by atoms with Crippen molar-refractivity contribution in [3.8, 4) is 16.9 Å². The second-order valence-corrected chi connectivity index (χ2v) is 9.83. The van der Waals surface area contributed by atoms with Gasteiger partial charge in [-0.1, -0.05) is 60.1 Å². The van der Waals surface area contributed by atoms with E-state index in [1.165, 1.54) is 0 Å². The first-order valence-electron chi connectivity index (χ1n) is 9.70. The van der Waals surface area contributed by atoms with Crippen LogP contribution in [0.3, 0.4) is 0 Å². The number of halogens is 1. The Bertz CT molecular complexity index is 1460.